The molecule has 0 fully saturated rings. The van der Waals surface area contributed by atoms with Gasteiger partial charge in [-0.1, -0.05) is 36.7 Å². The molecule has 0 atom stereocenters. The zero-order valence-electron chi connectivity index (χ0n) is 17.0. The second-order valence-electron chi connectivity index (χ2n) is 6.87. The van der Waals surface area contributed by atoms with Crippen molar-refractivity contribution in [1.29, 1.82) is 0 Å². The van der Waals surface area contributed by atoms with E-state index in [4.69, 9.17) is 16.7 Å². The maximum Gasteiger partial charge on any atom is 0.303 e. The van der Waals surface area contributed by atoms with Crippen LogP contribution in [0.2, 0.25) is 5.02 Å². The van der Waals surface area contributed by atoms with E-state index in [0.717, 1.165) is 38.4 Å². The van der Waals surface area contributed by atoms with Crippen LogP contribution in [0.1, 0.15) is 13.3 Å². The quantitative estimate of drug-likeness (QED) is 0.259. The number of aromatic nitrogens is 3. The van der Waals surface area contributed by atoms with Gasteiger partial charge in [0.15, 0.2) is 5.13 Å². The van der Waals surface area contributed by atoms with Crippen LogP contribution in [0, 0.1) is 0 Å². The highest BCUT2D eigenvalue weighted by atomic mass is 35.5. The number of rotatable bonds is 4. The molecule has 5 aromatic rings. The molecule has 0 saturated heterocycles. The first kappa shape index (κ1) is 21.6. The van der Waals surface area contributed by atoms with Crippen molar-refractivity contribution in [1.82, 2.24) is 15.0 Å². The van der Waals surface area contributed by atoms with Crippen LogP contribution in [-0.4, -0.2) is 26.0 Å². The number of hydrogen-bond donors (Lipinski definition) is 4. The molecule has 0 unspecified atom stereocenters. The van der Waals surface area contributed by atoms with Crippen molar-refractivity contribution in [3.05, 3.63) is 75.5 Å². The van der Waals surface area contributed by atoms with Crippen LogP contribution < -0.4 is 10.9 Å². The van der Waals surface area contributed by atoms with Gasteiger partial charge in [-0.25, -0.2) is 4.98 Å². The summed E-state index contributed by atoms with van der Waals surface area (Å²) >= 11 is 7.72. The largest absolute Gasteiger partial charge is 0.481 e. The Balaban J connectivity index is 0.000000444. The molecule has 7 nitrogen and oxygen atoms in total. The number of aromatic amines is 2. The van der Waals surface area contributed by atoms with Crippen molar-refractivity contribution < 1.29 is 9.90 Å². The molecule has 3 aromatic heterocycles. The third-order valence-electron chi connectivity index (χ3n) is 4.75. The number of hydrogen-bond acceptors (Lipinski definition) is 5. The maximum atomic E-state index is 12.1. The van der Waals surface area contributed by atoms with Crippen molar-refractivity contribution in [3.8, 4) is 11.3 Å². The standard InChI is InChI=1S/C20H13ClN4OS.C3H6O2/c21-14-3-1-2-4-16(14)24-20-25-17(10-27-20)11-5-6-15-13(9-11)12-7-8-22-18(12)19(26)23-15;1-2-3(4)5/h1-10,22H,(H,23,26)(H,24,25);2H2,1H3,(H,4,5). The summed E-state index contributed by atoms with van der Waals surface area (Å²) in [5.74, 6) is -0.745. The summed E-state index contributed by atoms with van der Waals surface area (Å²) in [6, 6.07) is 15.4. The highest BCUT2D eigenvalue weighted by molar-refractivity contribution is 7.14. The molecule has 32 heavy (non-hydrogen) atoms. The minimum absolute atomic E-state index is 0.116. The molecule has 0 spiro atoms. The summed E-state index contributed by atoms with van der Waals surface area (Å²) in [5, 5.41) is 16.3. The number of nitrogens with one attached hydrogen (secondary N) is 3. The van der Waals surface area contributed by atoms with Crippen molar-refractivity contribution in [2.75, 3.05) is 5.32 Å². The molecular weight excluding hydrogens is 448 g/mol. The Labute approximate surface area is 191 Å². The third kappa shape index (κ3) is 4.51. The number of anilines is 2. The van der Waals surface area contributed by atoms with E-state index < -0.39 is 5.97 Å². The summed E-state index contributed by atoms with van der Waals surface area (Å²) in [4.78, 5) is 32.0. The Bertz CT molecular complexity index is 1470. The van der Waals surface area contributed by atoms with Crippen molar-refractivity contribution in [2.24, 2.45) is 0 Å². The molecule has 0 aliphatic heterocycles. The number of pyridine rings is 1. The van der Waals surface area contributed by atoms with Crippen molar-refractivity contribution in [3.63, 3.8) is 0 Å². The first-order chi connectivity index (χ1) is 15.5. The molecule has 0 aliphatic carbocycles. The summed E-state index contributed by atoms with van der Waals surface area (Å²) in [5.41, 5.74) is 3.95. The molecule has 0 radical (unpaired) electrons. The molecule has 0 bridgehead atoms. The summed E-state index contributed by atoms with van der Waals surface area (Å²) in [6.07, 6.45) is 2.00. The fraction of sp³-hybridized carbons (Fsp3) is 0.0870. The van der Waals surface area contributed by atoms with Gasteiger partial charge in [-0.3, -0.25) is 9.59 Å². The van der Waals surface area contributed by atoms with E-state index in [9.17, 15) is 9.59 Å². The lowest BCUT2D eigenvalue weighted by molar-refractivity contribution is -0.136. The molecular formula is C23H19ClN4O3S. The van der Waals surface area contributed by atoms with Crippen molar-refractivity contribution >= 4 is 61.5 Å². The highest BCUT2D eigenvalue weighted by Crippen LogP contribution is 2.32. The monoisotopic (exact) mass is 466 g/mol. The summed E-state index contributed by atoms with van der Waals surface area (Å²) < 4.78 is 0. The van der Waals surface area contributed by atoms with Gasteiger partial charge in [0, 0.05) is 39.9 Å². The average molecular weight is 467 g/mol. The van der Waals surface area contributed by atoms with Crippen LogP contribution in [0.25, 0.3) is 33.1 Å². The van der Waals surface area contributed by atoms with Crippen LogP contribution in [0.3, 0.4) is 0 Å². The van der Waals surface area contributed by atoms with Crippen LogP contribution in [0.15, 0.2) is 64.9 Å². The van der Waals surface area contributed by atoms with E-state index in [1.165, 1.54) is 11.3 Å². The third-order valence-corrected chi connectivity index (χ3v) is 5.84. The van der Waals surface area contributed by atoms with Gasteiger partial charge in [-0.05, 0) is 30.3 Å². The number of benzene rings is 2. The molecule has 3 heterocycles. The molecule has 0 aliphatic rings. The fourth-order valence-electron chi connectivity index (χ4n) is 3.14. The zero-order valence-corrected chi connectivity index (χ0v) is 18.6. The topological polar surface area (TPSA) is 111 Å². The van der Waals surface area contributed by atoms with Gasteiger partial charge in [0.1, 0.15) is 5.52 Å². The van der Waals surface area contributed by atoms with E-state index in [1.54, 1.807) is 13.1 Å². The molecule has 0 saturated carbocycles. The Hall–Kier alpha value is -3.62. The Morgan fingerprint density at radius 2 is 1.97 bits per heavy atom. The lowest BCUT2D eigenvalue weighted by Gasteiger charge is -2.05. The molecule has 5 rings (SSSR count). The first-order valence-corrected chi connectivity index (χ1v) is 11.0. The zero-order chi connectivity index (χ0) is 22.7. The Morgan fingerprint density at radius 1 is 1.19 bits per heavy atom. The molecule has 2 aromatic carbocycles. The fourth-order valence-corrected chi connectivity index (χ4v) is 4.06. The Kier molecular flexibility index (Phi) is 6.25. The highest BCUT2D eigenvalue weighted by Gasteiger charge is 2.10. The molecule has 162 valence electrons. The molecule has 4 N–H and O–H groups in total. The first-order valence-electron chi connectivity index (χ1n) is 9.78. The van der Waals surface area contributed by atoms with Gasteiger partial charge in [0.2, 0.25) is 0 Å². The smallest absolute Gasteiger partial charge is 0.303 e. The van der Waals surface area contributed by atoms with Crippen molar-refractivity contribution in [2.45, 2.75) is 13.3 Å². The lowest BCUT2D eigenvalue weighted by Crippen LogP contribution is -2.05. The van der Waals surface area contributed by atoms with Gasteiger partial charge in [0.05, 0.1) is 16.4 Å². The SMILES string of the molecule is CCC(=O)O.O=c1[nH]c2ccc(-c3csc(Nc4ccccc4Cl)n3)cc2c2cc[nH]c12. The summed E-state index contributed by atoms with van der Waals surface area (Å²) in [7, 11) is 0. The van der Waals surface area contributed by atoms with Gasteiger partial charge >= 0.3 is 5.97 Å². The van der Waals surface area contributed by atoms with Crippen LogP contribution in [-0.2, 0) is 4.79 Å². The normalized spacial score (nSPS) is 10.7. The number of halogens is 1. The van der Waals surface area contributed by atoms with Crippen LogP contribution in [0.4, 0.5) is 10.8 Å². The Morgan fingerprint density at radius 3 is 2.72 bits per heavy atom. The minimum Gasteiger partial charge on any atom is -0.481 e. The van der Waals surface area contributed by atoms with Gasteiger partial charge in [-0.15, -0.1) is 11.3 Å². The number of H-pyrrole nitrogens is 2. The van der Waals surface area contributed by atoms with E-state index in [2.05, 4.69) is 26.3 Å². The number of carbonyl (C=O) groups is 1. The van der Waals surface area contributed by atoms with Crippen LogP contribution >= 0.6 is 22.9 Å². The van der Waals surface area contributed by atoms with E-state index >= 15 is 0 Å². The van der Waals surface area contributed by atoms with Crippen LogP contribution in [0.5, 0.6) is 0 Å². The van der Waals surface area contributed by atoms with Gasteiger partial charge < -0.3 is 20.4 Å². The second kappa shape index (κ2) is 9.25. The number of thiazole rings is 1. The number of para-hydroxylation sites is 1. The average Bonchev–Trinajstić information content (AvgIpc) is 3.46. The number of fused-ring (bicyclic) bond motifs is 3. The number of nitrogens with zero attached hydrogens (tertiary/aromatic N) is 1. The number of aliphatic carboxylic acids is 1. The van der Waals surface area contributed by atoms with Gasteiger partial charge in [0.25, 0.3) is 5.56 Å². The number of carboxylic acid groups (broad SMARTS) is 1. The summed E-state index contributed by atoms with van der Waals surface area (Å²) in [6.45, 7) is 1.60. The minimum atomic E-state index is -0.745. The number of carboxylic acids is 1. The maximum absolute atomic E-state index is 12.1. The van der Waals surface area contributed by atoms with E-state index in [-0.39, 0.29) is 12.0 Å². The van der Waals surface area contributed by atoms with Gasteiger partial charge in [-0.2, -0.15) is 0 Å². The molecule has 0 amide bonds. The predicted octanol–water partition coefficient (Wildman–Crippen LogP) is 6.01. The lowest BCUT2D eigenvalue weighted by atomic mass is 10.1. The molecule has 9 heteroatoms. The second-order valence-corrected chi connectivity index (χ2v) is 8.14. The van der Waals surface area contributed by atoms with E-state index in [0.29, 0.717) is 10.5 Å². The predicted molar refractivity (Wildman–Crippen MR) is 130 cm³/mol. The van der Waals surface area contributed by atoms with E-state index in [1.807, 2.05) is 47.8 Å².